The van der Waals surface area contributed by atoms with Crippen molar-refractivity contribution in [3.8, 4) is 0 Å². The van der Waals surface area contributed by atoms with E-state index in [-0.39, 0.29) is 82.2 Å². The minimum atomic E-state index is -0.178. The third-order valence-corrected chi connectivity index (χ3v) is 14.3. The van der Waals surface area contributed by atoms with Crippen LogP contribution >= 0.6 is 0 Å². The fourth-order valence-corrected chi connectivity index (χ4v) is 9.24. The molecule has 0 N–H and O–H groups in total. The van der Waals surface area contributed by atoms with E-state index in [0.717, 1.165) is 34.4 Å². The van der Waals surface area contributed by atoms with Gasteiger partial charge in [-0.25, -0.2) is 14.6 Å². The molecular weight excluding hydrogens is 1150 g/mol. The zero-order valence-electron chi connectivity index (χ0n) is 66.5. The van der Waals surface area contributed by atoms with Gasteiger partial charge in [0.1, 0.15) is 24.2 Å². The Kier molecular flexibility index (Phi) is 26.8. The smallest absolute Gasteiger partial charge is 0.293 e. The molecule has 1 aliphatic heterocycles. The van der Waals surface area contributed by atoms with Crippen LogP contribution < -0.4 is 0 Å². The molecule has 522 valence electrons. The Morgan fingerprint density at radius 2 is 0.804 bits per heavy atom. The van der Waals surface area contributed by atoms with E-state index >= 15 is 0 Å². The molecule has 0 saturated carbocycles. The number of allylic oxidation sites excluding steroid dienone is 1. The average molecular weight is 1280 g/mol. The van der Waals surface area contributed by atoms with Gasteiger partial charge in [0, 0.05) is 89.4 Å². The topological polar surface area (TPSA) is 204 Å². The number of carbonyl (C=O) groups is 1. The van der Waals surface area contributed by atoms with Gasteiger partial charge in [-0.1, -0.05) is 218 Å². The van der Waals surface area contributed by atoms with Crippen LogP contribution in [0.2, 0.25) is 0 Å². The molecule has 18 nitrogen and oxygen atoms in total. The number of hydrogen-bond donors (Lipinski definition) is 0. The maximum absolute atomic E-state index is 11.6. The minimum absolute atomic E-state index is 0.00319. The Morgan fingerprint density at radius 3 is 1.07 bits per heavy atom. The van der Waals surface area contributed by atoms with Gasteiger partial charge in [0.25, 0.3) is 5.91 Å². The SMILES string of the molecule is CC(C)(C)C1=C(C(C)(C)C)C(=O)N=N1.CC(C)(C)c1cncn1C(C)(C)C.CC(C)(C)c1cncn1C(C)(C)C.CC(C)(C)c1cnoc1C(C)(C)C.CC(C)(C)c1conc1C(C)(C)C.CC(C)(C)c1nncn1C(C)(C)C.CC(C)(C)c1nnnn1C(C)(C)C. The lowest BCUT2D eigenvalue weighted by molar-refractivity contribution is -0.115. The lowest BCUT2D eigenvalue weighted by atomic mass is 9.79. The Bertz CT molecular complexity index is 2610. The molecule has 6 aromatic heterocycles. The number of hydrogen-bond acceptors (Lipinski definition) is 13. The number of nitrogens with zero attached hydrogens (tertiary/aromatic N) is 15. The normalized spacial score (nSPS) is 14.1. The van der Waals surface area contributed by atoms with E-state index in [0.29, 0.717) is 0 Å². The number of tetrazole rings is 1. The molecule has 0 radical (unpaired) electrons. The van der Waals surface area contributed by atoms with Crippen LogP contribution in [0, 0.1) is 10.8 Å². The second-order valence-electron chi connectivity index (χ2n) is 38.8. The van der Waals surface area contributed by atoms with Crippen molar-refractivity contribution in [2.24, 2.45) is 21.1 Å². The van der Waals surface area contributed by atoms with Crippen LogP contribution in [0.25, 0.3) is 0 Å². The van der Waals surface area contributed by atoms with E-state index in [4.69, 9.17) is 9.05 Å². The summed E-state index contributed by atoms with van der Waals surface area (Å²) in [4.78, 5) is 20.0. The van der Waals surface area contributed by atoms with E-state index in [2.05, 4.69) is 319 Å². The van der Waals surface area contributed by atoms with E-state index in [1.807, 2.05) is 77.5 Å². The first-order valence-electron chi connectivity index (χ1n) is 32.9. The predicted octanol–water partition coefficient (Wildman–Crippen LogP) is 19.8. The van der Waals surface area contributed by atoms with Gasteiger partial charge in [0.15, 0.2) is 5.82 Å². The van der Waals surface area contributed by atoms with Gasteiger partial charge in [-0.2, -0.15) is 5.11 Å². The van der Waals surface area contributed by atoms with Crippen molar-refractivity contribution in [1.82, 2.24) is 64.4 Å². The van der Waals surface area contributed by atoms with Gasteiger partial charge in [-0.05, 0) is 110 Å². The van der Waals surface area contributed by atoms with Crippen molar-refractivity contribution in [1.29, 1.82) is 0 Å². The number of aromatic nitrogens is 13. The summed E-state index contributed by atoms with van der Waals surface area (Å²) in [6, 6.07) is 0. The summed E-state index contributed by atoms with van der Waals surface area (Å²) in [5, 5.41) is 35.5. The Labute approximate surface area is 559 Å². The minimum Gasteiger partial charge on any atom is -0.364 e. The largest absolute Gasteiger partial charge is 0.364 e. The molecule has 0 aliphatic carbocycles. The van der Waals surface area contributed by atoms with Crippen LogP contribution in [0.1, 0.15) is 336 Å². The Morgan fingerprint density at radius 1 is 0.380 bits per heavy atom. The van der Waals surface area contributed by atoms with Crippen molar-refractivity contribution >= 4 is 5.91 Å². The monoisotopic (exact) mass is 1280 g/mol. The molecule has 0 atom stereocenters. The molecule has 92 heavy (non-hydrogen) atoms. The van der Waals surface area contributed by atoms with Crippen molar-refractivity contribution in [2.75, 3.05) is 0 Å². The van der Waals surface area contributed by atoms with E-state index in [1.54, 1.807) is 12.6 Å². The molecule has 7 rings (SSSR count). The van der Waals surface area contributed by atoms with Gasteiger partial charge in [0.05, 0.1) is 41.4 Å². The number of rotatable bonds is 0. The molecule has 6 aromatic rings. The summed E-state index contributed by atoms with van der Waals surface area (Å²) in [7, 11) is 0. The van der Waals surface area contributed by atoms with Gasteiger partial charge >= 0.3 is 0 Å². The molecule has 0 saturated heterocycles. The predicted molar refractivity (Wildman–Crippen MR) is 381 cm³/mol. The average Bonchev–Trinajstić information content (AvgIpc) is 1.65. The fourth-order valence-electron chi connectivity index (χ4n) is 9.24. The standard InChI is InChI=1S/C11H18N2O.2C11H20N2.2C11H19NO.C10H19N3.C9H18N4/c1-10(2,3)7-8(11(4,5)6)12-13-9(7)14;2*1-10(2,3)9-7-12-8-13(9)11(4,5)6;1-10(2,3)8-7-13-12-9(8)11(4,5)6;1-10(2,3)8-7-12-13-9(8)11(4,5)6;1-9(2,3)8-12-11-7-13(8)10(4,5)6;1-8(2,3)7-10-11-12-13(7)9(4,5)6/h1-6H3;2*7-8H,1-6H3;3*7H,1-6H3;1-6H3. The third kappa shape index (κ3) is 25.4. The zero-order chi connectivity index (χ0) is 72.8. The molecule has 18 heteroatoms. The Balaban J connectivity index is 0.000000537. The summed E-state index contributed by atoms with van der Waals surface area (Å²) in [5.74, 6) is 2.79. The molecule has 0 fully saturated rings. The summed E-state index contributed by atoms with van der Waals surface area (Å²) in [6.07, 6.45) is 13.2. The van der Waals surface area contributed by atoms with Crippen LogP contribution in [0.4, 0.5) is 0 Å². The molecule has 1 amide bonds. The van der Waals surface area contributed by atoms with E-state index in [9.17, 15) is 4.79 Å². The number of imidazole rings is 2. The number of carbonyl (C=O) groups excluding carboxylic acids is 1. The fraction of sp³-hybridized carbons (Fsp3) is 0.757. The summed E-state index contributed by atoms with van der Waals surface area (Å²) in [5.41, 5.74) is 8.35. The van der Waals surface area contributed by atoms with E-state index < -0.39 is 0 Å². The first-order valence-corrected chi connectivity index (χ1v) is 32.9. The zero-order valence-corrected chi connectivity index (χ0v) is 66.5. The molecule has 0 unspecified atom stereocenters. The van der Waals surface area contributed by atoms with Crippen LogP contribution in [-0.4, -0.2) is 70.3 Å². The Hall–Kier alpha value is -5.94. The van der Waals surface area contributed by atoms with E-state index in [1.165, 1.54) is 22.5 Å². The highest BCUT2D eigenvalue weighted by molar-refractivity contribution is 5.97. The molecule has 0 spiro atoms. The van der Waals surface area contributed by atoms with Gasteiger partial charge < -0.3 is 22.7 Å². The van der Waals surface area contributed by atoms with Crippen LogP contribution in [0.15, 0.2) is 74.4 Å². The molecule has 7 heterocycles. The van der Waals surface area contributed by atoms with Gasteiger partial charge in [-0.3, -0.25) is 4.79 Å². The van der Waals surface area contributed by atoms with Crippen LogP contribution in [-0.2, 0) is 70.3 Å². The molecule has 1 aliphatic rings. The quantitative estimate of drug-likeness (QED) is 0.139. The highest BCUT2D eigenvalue weighted by atomic mass is 16.5. The molecule has 0 bridgehead atoms. The molecule has 0 aromatic carbocycles. The highest BCUT2D eigenvalue weighted by Crippen LogP contribution is 2.41. The van der Waals surface area contributed by atoms with Gasteiger partial charge in [-0.15, -0.1) is 20.4 Å². The van der Waals surface area contributed by atoms with Gasteiger partial charge in [0.2, 0.25) is 0 Å². The number of amides is 1. The van der Waals surface area contributed by atoms with Crippen LogP contribution in [0.3, 0.4) is 0 Å². The summed E-state index contributed by atoms with van der Waals surface area (Å²) < 4.78 is 18.9. The van der Waals surface area contributed by atoms with Crippen molar-refractivity contribution in [3.63, 3.8) is 0 Å². The summed E-state index contributed by atoms with van der Waals surface area (Å²) in [6.45, 7) is 90.2. The summed E-state index contributed by atoms with van der Waals surface area (Å²) >= 11 is 0. The first-order chi connectivity index (χ1) is 40.5. The number of azo groups is 1. The van der Waals surface area contributed by atoms with Crippen molar-refractivity contribution in [2.45, 2.75) is 356 Å². The second-order valence-corrected chi connectivity index (χ2v) is 38.8. The lowest BCUT2D eigenvalue weighted by Gasteiger charge is -2.29. The highest BCUT2D eigenvalue weighted by Gasteiger charge is 2.37. The second kappa shape index (κ2) is 29.4. The van der Waals surface area contributed by atoms with Crippen LogP contribution in [0.5, 0.6) is 0 Å². The van der Waals surface area contributed by atoms with Crippen molar-refractivity contribution < 1.29 is 13.8 Å². The maximum atomic E-state index is 11.6. The third-order valence-electron chi connectivity index (χ3n) is 14.3. The maximum Gasteiger partial charge on any atom is 0.293 e. The molecular formula is C74H133N15O3. The first kappa shape index (κ1) is 84.1. The lowest BCUT2D eigenvalue weighted by Crippen LogP contribution is -2.30. The van der Waals surface area contributed by atoms with Crippen molar-refractivity contribution in [3.05, 3.63) is 101 Å².